The summed E-state index contributed by atoms with van der Waals surface area (Å²) < 4.78 is 9.60. The molecule has 0 atom stereocenters. The minimum Gasteiger partial charge on any atom is -0.435 e. The molecule has 0 fully saturated rings. The van der Waals surface area contributed by atoms with Crippen molar-refractivity contribution >= 4 is 14.2 Å². The first-order valence-corrected chi connectivity index (χ1v) is 9.31. The van der Waals surface area contributed by atoms with Gasteiger partial charge < -0.3 is 9.47 Å². The van der Waals surface area contributed by atoms with Crippen LogP contribution < -0.4 is 0 Å². The minimum atomic E-state index is -1.71. The summed E-state index contributed by atoms with van der Waals surface area (Å²) in [7, 11) is -1.71. The molecule has 0 rings (SSSR count). The summed E-state index contributed by atoms with van der Waals surface area (Å²) in [5.74, 6) is 3.05. The topological polar surface area (TPSA) is 35.5 Å². The molecule has 0 saturated carbocycles. The maximum Gasteiger partial charge on any atom is 0.509 e. The summed E-state index contributed by atoms with van der Waals surface area (Å²) >= 11 is 0. The van der Waals surface area contributed by atoms with Gasteiger partial charge in [0, 0.05) is 0 Å². The Balaban J connectivity index is 4.81. The Labute approximate surface area is 119 Å². The summed E-state index contributed by atoms with van der Waals surface area (Å²) in [6.07, 6.45) is -0.636. The van der Waals surface area contributed by atoms with Crippen LogP contribution in [0.25, 0.3) is 0 Å². The zero-order chi connectivity index (χ0) is 15.1. The monoisotopic (exact) mass is 284 g/mol. The second-order valence-electron chi connectivity index (χ2n) is 5.67. The van der Waals surface area contributed by atoms with E-state index in [4.69, 9.17) is 9.47 Å². The molecular formula is C15H28O3Si. The number of ether oxygens (including phenoxy) is 2. The van der Waals surface area contributed by atoms with Crippen molar-refractivity contribution in [3.05, 3.63) is 0 Å². The molecule has 0 heterocycles. The SMILES string of the molecule is CCOC(=O)OCC#C[Si](C(C)C)(C(C)C)C(C)C. The molecule has 0 saturated heterocycles. The van der Waals surface area contributed by atoms with E-state index in [0.717, 1.165) is 0 Å². The molecule has 19 heavy (non-hydrogen) atoms. The van der Waals surface area contributed by atoms with E-state index in [1.165, 1.54) is 0 Å². The van der Waals surface area contributed by atoms with Gasteiger partial charge in [-0.1, -0.05) is 47.5 Å². The lowest BCUT2D eigenvalue weighted by Gasteiger charge is -2.38. The minimum absolute atomic E-state index is 0.125. The summed E-state index contributed by atoms with van der Waals surface area (Å²) in [6, 6.07) is 0. The largest absolute Gasteiger partial charge is 0.509 e. The van der Waals surface area contributed by atoms with E-state index in [9.17, 15) is 4.79 Å². The van der Waals surface area contributed by atoms with E-state index in [2.05, 4.69) is 53.0 Å². The fraction of sp³-hybridized carbons (Fsp3) is 0.800. The van der Waals surface area contributed by atoms with Crippen LogP contribution in [-0.2, 0) is 9.47 Å². The Kier molecular flexibility index (Phi) is 7.85. The summed E-state index contributed by atoms with van der Waals surface area (Å²) in [5.41, 5.74) is 5.24. The highest BCUT2D eigenvalue weighted by Crippen LogP contribution is 2.40. The summed E-state index contributed by atoms with van der Waals surface area (Å²) in [4.78, 5) is 11.1. The zero-order valence-corrected chi connectivity index (χ0v) is 14.4. The third-order valence-electron chi connectivity index (χ3n) is 3.70. The molecule has 0 aromatic carbocycles. The van der Waals surface area contributed by atoms with Gasteiger partial charge in [0.25, 0.3) is 0 Å². The molecule has 110 valence electrons. The Morgan fingerprint density at radius 3 is 1.84 bits per heavy atom. The van der Waals surface area contributed by atoms with E-state index >= 15 is 0 Å². The Bertz CT molecular complexity index is 315. The van der Waals surface area contributed by atoms with Gasteiger partial charge in [-0.25, -0.2) is 4.79 Å². The lowest BCUT2D eigenvalue weighted by molar-refractivity contribution is 0.0687. The molecule has 0 amide bonds. The van der Waals surface area contributed by atoms with Crippen LogP contribution in [0.4, 0.5) is 4.79 Å². The standard InChI is InChI=1S/C15H28O3Si/c1-8-17-15(16)18-10-9-11-19(12(2)3,13(4)5)14(6)7/h12-14H,8,10H2,1-7H3. The Hall–Kier alpha value is -0.953. The zero-order valence-electron chi connectivity index (χ0n) is 13.4. The van der Waals surface area contributed by atoms with Gasteiger partial charge in [0.2, 0.25) is 0 Å². The highest BCUT2D eigenvalue weighted by Gasteiger charge is 2.41. The lowest BCUT2D eigenvalue weighted by atomic mass is 10.5. The van der Waals surface area contributed by atoms with Crippen molar-refractivity contribution < 1.29 is 14.3 Å². The number of hydrogen-bond donors (Lipinski definition) is 0. The van der Waals surface area contributed by atoms with Gasteiger partial charge in [-0.2, -0.15) is 0 Å². The van der Waals surface area contributed by atoms with Crippen LogP contribution in [0.3, 0.4) is 0 Å². The van der Waals surface area contributed by atoms with Gasteiger partial charge in [0.1, 0.15) is 8.07 Å². The molecule has 0 unspecified atom stereocenters. The molecule has 4 heteroatoms. The van der Waals surface area contributed by atoms with Crippen LogP contribution in [0.1, 0.15) is 48.5 Å². The average molecular weight is 284 g/mol. The highest BCUT2D eigenvalue weighted by molar-refractivity contribution is 6.90. The lowest BCUT2D eigenvalue weighted by Crippen LogP contribution is -2.43. The van der Waals surface area contributed by atoms with Crippen LogP contribution in [0.2, 0.25) is 16.6 Å². The second-order valence-corrected chi connectivity index (χ2v) is 11.3. The smallest absolute Gasteiger partial charge is 0.435 e. The maximum absolute atomic E-state index is 11.1. The summed E-state index contributed by atoms with van der Waals surface area (Å²) in [6.45, 7) is 15.7. The van der Waals surface area contributed by atoms with Crippen molar-refractivity contribution in [3.8, 4) is 11.5 Å². The molecule has 0 N–H and O–H groups in total. The van der Waals surface area contributed by atoms with Crippen molar-refractivity contribution in [1.82, 2.24) is 0 Å². The van der Waals surface area contributed by atoms with Crippen molar-refractivity contribution in [2.45, 2.75) is 65.1 Å². The molecule has 0 spiro atoms. The van der Waals surface area contributed by atoms with Crippen LogP contribution in [0.15, 0.2) is 0 Å². The van der Waals surface area contributed by atoms with E-state index in [-0.39, 0.29) is 6.61 Å². The van der Waals surface area contributed by atoms with Crippen molar-refractivity contribution in [2.75, 3.05) is 13.2 Å². The van der Waals surface area contributed by atoms with Gasteiger partial charge >= 0.3 is 6.16 Å². The molecule has 0 radical (unpaired) electrons. The molecule has 0 bridgehead atoms. The Morgan fingerprint density at radius 2 is 1.47 bits per heavy atom. The first-order valence-electron chi connectivity index (χ1n) is 7.08. The number of carbonyl (C=O) groups is 1. The van der Waals surface area contributed by atoms with Gasteiger partial charge in [0.15, 0.2) is 6.61 Å². The molecule has 3 nitrogen and oxygen atoms in total. The van der Waals surface area contributed by atoms with Gasteiger partial charge in [-0.05, 0) is 23.5 Å². The van der Waals surface area contributed by atoms with Crippen molar-refractivity contribution in [1.29, 1.82) is 0 Å². The number of hydrogen-bond acceptors (Lipinski definition) is 3. The van der Waals surface area contributed by atoms with E-state index < -0.39 is 14.2 Å². The third kappa shape index (κ3) is 4.91. The third-order valence-corrected chi connectivity index (χ3v) is 10.0. The fourth-order valence-electron chi connectivity index (χ4n) is 2.88. The van der Waals surface area contributed by atoms with Gasteiger partial charge in [-0.3, -0.25) is 0 Å². The molecule has 0 aromatic rings. The van der Waals surface area contributed by atoms with Crippen molar-refractivity contribution in [2.24, 2.45) is 0 Å². The van der Waals surface area contributed by atoms with E-state index in [0.29, 0.717) is 23.2 Å². The van der Waals surface area contributed by atoms with E-state index in [1.807, 2.05) is 0 Å². The van der Waals surface area contributed by atoms with Gasteiger partial charge in [0.05, 0.1) is 6.61 Å². The molecule has 0 aliphatic heterocycles. The van der Waals surface area contributed by atoms with Crippen molar-refractivity contribution in [3.63, 3.8) is 0 Å². The average Bonchev–Trinajstić information content (AvgIpc) is 2.27. The first kappa shape index (κ1) is 18.0. The maximum atomic E-state index is 11.1. The fourth-order valence-corrected chi connectivity index (χ4v) is 8.12. The number of rotatable bonds is 5. The molecule has 0 aromatic heterocycles. The van der Waals surface area contributed by atoms with E-state index in [1.54, 1.807) is 6.92 Å². The first-order chi connectivity index (χ1) is 8.78. The van der Waals surface area contributed by atoms with Crippen LogP contribution in [0, 0.1) is 11.5 Å². The quantitative estimate of drug-likeness (QED) is 0.427. The normalized spacial score (nSPS) is 11.5. The second kappa shape index (κ2) is 8.26. The predicted molar refractivity (Wildman–Crippen MR) is 81.8 cm³/mol. The van der Waals surface area contributed by atoms with Crippen LogP contribution in [-0.4, -0.2) is 27.4 Å². The van der Waals surface area contributed by atoms with Crippen LogP contribution in [0.5, 0.6) is 0 Å². The summed E-state index contributed by atoms with van der Waals surface area (Å²) in [5, 5.41) is 0. The van der Waals surface area contributed by atoms with Gasteiger partial charge in [-0.15, -0.1) is 5.54 Å². The highest BCUT2D eigenvalue weighted by atomic mass is 28.3. The molecule has 0 aliphatic rings. The number of carbonyl (C=O) groups excluding carboxylic acids is 1. The molecular weight excluding hydrogens is 256 g/mol. The molecule has 0 aliphatic carbocycles. The Morgan fingerprint density at radius 1 is 1.00 bits per heavy atom. The predicted octanol–water partition coefficient (Wildman–Crippen LogP) is 4.38. The van der Waals surface area contributed by atoms with Crippen LogP contribution >= 0.6 is 0 Å².